The average molecular weight is 868 g/mol. The summed E-state index contributed by atoms with van der Waals surface area (Å²) >= 11 is 12.4. The van der Waals surface area contributed by atoms with E-state index in [0.717, 1.165) is 33.4 Å². The number of ether oxygens (including phenoxy) is 2. The van der Waals surface area contributed by atoms with Gasteiger partial charge in [-0.3, -0.25) is 29.1 Å². The first-order valence-electron chi connectivity index (χ1n) is 18.6. The van der Waals surface area contributed by atoms with Crippen LogP contribution in [-0.4, -0.2) is 52.6 Å². The summed E-state index contributed by atoms with van der Waals surface area (Å²) in [5, 5.41) is 13.0. The third-order valence-corrected chi connectivity index (χ3v) is 10.7. The van der Waals surface area contributed by atoms with Crippen LogP contribution in [0.25, 0.3) is 22.3 Å². The number of halogens is 3. The number of hydrogen-bond donors (Lipinski definition) is 3. The van der Waals surface area contributed by atoms with Crippen molar-refractivity contribution in [1.82, 2.24) is 15.3 Å². The number of rotatable bonds is 10. The molecule has 2 aliphatic rings. The number of nitrogens with zero attached hydrogens (tertiary/aromatic N) is 2. The minimum atomic E-state index is -1.09. The fraction of sp³-hybridized carbons (Fsp3) is 0.174. The van der Waals surface area contributed by atoms with E-state index in [0.29, 0.717) is 57.0 Å². The molecule has 0 spiro atoms. The molecule has 0 unspecified atom stereocenters. The van der Waals surface area contributed by atoms with Crippen LogP contribution in [0.1, 0.15) is 67.6 Å². The molecular weight excluding hydrogens is 827 g/mol. The van der Waals surface area contributed by atoms with Gasteiger partial charge in [0.1, 0.15) is 24.7 Å². The molecule has 0 radical (unpaired) electrons. The summed E-state index contributed by atoms with van der Waals surface area (Å²) in [5.74, 6) is -2.17. The summed E-state index contributed by atoms with van der Waals surface area (Å²) in [5.41, 5.74) is 12.4. The van der Waals surface area contributed by atoms with E-state index in [1.54, 1.807) is 105 Å². The predicted molar refractivity (Wildman–Crippen MR) is 233 cm³/mol. The molecular formula is C46H41Cl3N4O7. The van der Waals surface area contributed by atoms with Crippen molar-refractivity contribution in [2.24, 2.45) is 5.73 Å². The number of fused-ring (bicyclic) bond motifs is 6. The third-order valence-electron chi connectivity index (χ3n) is 9.96. The molecule has 2 aromatic heterocycles. The van der Waals surface area contributed by atoms with E-state index in [1.807, 2.05) is 24.3 Å². The van der Waals surface area contributed by atoms with Crippen molar-refractivity contribution in [3.63, 3.8) is 0 Å². The van der Waals surface area contributed by atoms with Crippen molar-refractivity contribution in [2.45, 2.75) is 37.9 Å². The molecule has 0 bridgehead atoms. The monoisotopic (exact) mass is 866 g/mol. The highest BCUT2D eigenvalue weighted by atomic mass is 35.5. The topological polar surface area (TPSA) is 171 Å². The first-order valence-corrected chi connectivity index (χ1v) is 19.4. The van der Waals surface area contributed by atoms with Crippen LogP contribution in [0.4, 0.5) is 0 Å². The van der Waals surface area contributed by atoms with Gasteiger partial charge in [0.05, 0.1) is 11.8 Å². The summed E-state index contributed by atoms with van der Waals surface area (Å²) in [7, 11) is 3.05. The Labute approximate surface area is 363 Å². The Hall–Kier alpha value is -6.11. The van der Waals surface area contributed by atoms with E-state index in [-0.39, 0.29) is 42.7 Å². The van der Waals surface area contributed by atoms with E-state index in [4.69, 9.17) is 32.7 Å². The number of carboxylic acids is 1. The van der Waals surface area contributed by atoms with Gasteiger partial charge in [-0.2, -0.15) is 0 Å². The van der Waals surface area contributed by atoms with Crippen LogP contribution < -0.4 is 20.5 Å². The van der Waals surface area contributed by atoms with E-state index in [9.17, 15) is 24.3 Å². The van der Waals surface area contributed by atoms with E-state index < -0.39 is 17.8 Å². The normalized spacial score (nSPS) is 12.4. The molecule has 1 amide bonds. The predicted octanol–water partition coefficient (Wildman–Crippen LogP) is 9.13. The molecule has 0 saturated carbocycles. The summed E-state index contributed by atoms with van der Waals surface area (Å²) in [6.45, 7) is 0.791. The maximum Gasteiger partial charge on any atom is 0.311 e. The van der Waals surface area contributed by atoms with Gasteiger partial charge in [0.25, 0.3) is 0 Å². The number of likely N-dealkylation sites (N-methyl/N-ethyl adjacent to an activating group) is 1. The SMILES string of the molecule is CN.CNC(=O)[C@@H](CC(=O)c1ccc2c(c1)OCc1cnccc1-2)c1ccccc1Cl.Cl.O=C(C[C@H](C(=O)O)c1ccccc1Cl)c1ccc2c(c1)OCc1cnccc1-2. The number of carbonyl (C=O) groups is 4. The van der Waals surface area contributed by atoms with E-state index >= 15 is 0 Å². The van der Waals surface area contributed by atoms with Gasteiger partial charge in [-0.1, -0.05) is 71.7 Å². The lowest BCUT2D eigenvalue weighted by Gasteiger charge is -2.21. The number of amides is 1. The average Bonchev–Trinajstić information content (AvgIpc) is 3.27. The summed E-state index contributed by atoms with van der Waals surface area (Å²) in [6, 6.07) is 28.2. The first-order chi connectivity index (χ1) is 28.6. The van der Waals surface area contributed by atoms with Crippen molar-refractivity contribution in [3.8, 4) is 33.8 Å². The van der Waals surface area contributed by atoms with Crippen LogP contribution in [-0.2, 0) is 22.8 Å². The quantitative estimate of drug-likeness (QED) is 0.113. The van der Waals surface area contributed by atoms with Gasteiger partial charge in [0, 0.05) is 88.1 Å². The second-order valence-corrected chi connectivity index (χ2v) is 14.2. The molecule has 0 saturated heterocycles. The number of aliphatic carboxylic acids is 1. The largest absolute Gasteiger partial charge is 0.488 e. The summed E-state index contributed by atoms with van der Waals surface area (Å²) in [4.78, 5) is 58.2. The Bertz CT molecular complexity index is 2530. The van der Waals surface area contributed by atoms with Crippen molar-refractivity contribution in [2.75, 3.05) is 14.1 Å². The van der Waals surface area contributed by atoms with Crippen molar-refractivity contribution in [1.29, 1.82) is 0 Å². The molecule has 0 fully saturated rings. The first kappa shape index (κ1) is 45.0. The van der Waals surface area contributed by atoms with Crippen molar-refractivity contribution >= 4 is 59.1 Å². The lowest BCUT2D eigenvalue weighted by atomic mass is 9.89. The molecule has 4 aromatic carbocycles. The van der Waals surface area contributed by atoms with Gasteiger partial charge in [0.15, 0.2) is 11.6 Å². The summed E-state index contributed by atoms with van der Waals surface area (Å²) in [6.07, 6.45) is 6.84. The number of nitrogens with two attached hydrogens (primary N) is 1. The molecule has 308 valence electrons. The van der Waals surface area contributed by atoms with Crippen molar-refractivity contribution in [3.05, 3.63) is 165 Å². The molecule has 0 aliphatic carbocycles. The molecule has 14 heteroatoms. The zero-order valence-electron chi connectivity index (χ0n) is 32.6. The van der Waals surface area contributed by atoms with Gasteiger partial charge >= 0.3 is 5.97 Å². The highest BCUT2D eigenvalue weighted by Gasteiger charge is 2.28. The van der Waals surface area contributed by atoms with E-state index in [1.165, 1.54) is 7.05 Å². The molecule has 4 N–H and O–H groups in total. The Balaban J connectivity index is 0.000000215. The Morgan fingerprint density at radius 1 is 0.667 bits per heavy atom. The van der Waals surface area contributed by atoms with Gasteiger partial charge in [-0.15, -0.1) is 12.4 Å². The lowest BCUT2D eigenvalue weighted by molar-refractivity contribution is -0.138. The fourth-order valence-electron chi connectivity index (χ4n) is 6.97. The number of benzene rings is 4. The lowest BCUT2D eigenvalue weighted by Crippen LogP contribution is -2.28. The number of carboxylic acid groups (broad SMARTS) is 1. The minimum absolute atomic E-state index is 0. The molecule has 2 aliphatic heterocycles. The third kappa shape index (κ3) is 10.0. The number of ketones is 2. The Kier molecular flexibility index (Phi) is 15.5. The maximum atomic E-state index is 13.0. The van der Waals surface area contributed by atoms with E-state index in [2.05, 4.69) is 21.0 Å². The van der Waals surface area contributed by atoms with Crippen LogP contribution in [0.15, 0.2) is 122 Å². The number of aromatic nitrogens is 2. The zero-order chi connectivity index (χ0) is 42.1. The molecule has 60 heavy (non-hydrogen) atoms. The number of nitrogens with one attached hydrogen (secondary N) is 1. The molecule has 2 atom stereocenters. The highest BCUT2D eigenvalue weighted by Crippen LogP contribution is 2.40. The van der Waals surface area contributed by atoms with Gasteiger partial charge in [-0.05, 0) is 77.8 Å². The Morgan fingerprint density at radius 2 is 1.10 bits per heavy atom. The van der Waals surface area contributed by atoms with Crippen LogP contribution >= 0.6 is 35.6 Å². The van der Waals surface area contributed by atoms with Gasteiger partial charge < -0.3 is 25.6 Å². The smallest absolute Gasteiger partial charge is 0.311 e. The minimum Gasteiger partial charge on any atom is -0.488 e. The van der Waals surface area contributed by atoms with Gasteiger partial charge in [-0.25, -0.2) is 0 Å². The van der Waals surface area contributed by atoms with Crippen LogP contribution in [0, 0.1) is 0 Å². The number of Topliss-reactive ketones (excluding diaryl/α,β-unsaturated/α-hetero) is 2. The fourth-order valence-corrected chi connectivity index (χ4v) is 7.50. The molecule has 6 aromatic rings. The number of pyridine rings is 2. The number of hydrogen-bond acceptors (Lipinski definition) is 9. The number of carbonyl (C=O) groups excluding carboxylic acids is 3. The van der Waals surface area contributed by atoms with Crippen molar-refractivity contribution < 1.29 is 33.8 Å². The standard InChI is InChI=1S/C23H19ClN2O3.C22H16ClNO4.CH5N.ClH/c1-25-23(28)19(17-4-2-3-5-20(17)24)11-21(27)14-6-7-18-16-8-9-26-12-15(16)13-29-22(18)10-14;23-19-4-2-1-3-16(19)18(22(26)27)10-20(25)13-5-6-17-15-7-8-24-11-14(15)12-28-21(17)9-13;1-2;/h2-10,12,19H,11,13H2,1H3,(H,25,28);1-9,11,18H,10,12H2,(H,26,27);2H2,1H3;1H/t19-;18-;;/m00../s1. The molecule has 4 heterocycles. The summed E-state index contributed by atoms with van der Waals surface area (Å²) < 4.78 is 11.6. The molecule has 11 nitrogen and oxygen atoms in total. The van der Waals surface area contributed by atoms with Gasteiger partial charge in [0.2, 0.25) is 5.91 Å². The second-order valence-electron chi connectivity index (χ2n) is 13.4. The maximum absolute atomic E-state index is 13.0. The molecule has 8 rings (SSSR count). The zero-order valence-corrected chi connectivity index (χ0v) is 34.9. The second kappa shape index (κ2) is 20.7. The van der Waals surface area contributed by atoms with Crippen LogP contribution in [0.2, 0.25) is 10.0 Å². The highest BCUT2D eigenvalue weighted by molar-refractivity contribution is 6.32. The Morgan fingerprint density at radius 3 is 1.53 bits per heavy atom. The van der Waals surface area contributed by atoms with Crippen LogP contribution in [0.3, 0.4) is 0 Å². The van der Waals surface area contributed by atoms with Crippen LogP contribution in [0.5, 0.6) is 11.5 Å².